The summed E-state index contributed by atoms with van der Waals surface area (Å²) >= 11 is 0. The molecule has 1 aliphatic rings. The van der Waals surface area contributed by atoms with Gasteiger partial charge < -0.3 is 10.2 Å². The second-order valence-electron chi connectivity index (χ2n) is 6.23. The minimum Gasteiger partial charge on any atom is -0.335 e. The van der Waals surface area contributed by atoms with Crippen molar-refractivity contribution in [3.8, 4) is 0 Å². The number of nitrogens with one attached hydrogen (secondary N) is 1. The average Bonchev–Trinajstić information content (AvgIpc) is 2.62. The van der Waals surface area contributed by atoms with E-state index in [2.05, 4.69) is 5.32 Å². The lowest BCUT2D eigenvalue weighted by atomic mass is 9.88. The van der Waals surface area contributed by atoms with Gasteiger partial charge in [0.05, 0.1) is 12.0 Å². The highest BCUT2D eigenvalue weighted by Crippen LogP contribution is 2.33. The Hall–Kier alpha value is -2.62. The van der Waals surface area contributed by atoms with E-state index in [1.54, 1.807) is 6.92 Å². The number of carbonyl (C=O) groups excluding carboxylic acids is 2. The summed E-state index contributed by atoms with van der Waals surface area (Å²) in [7, 11) is 0. The number of piperidine rings is 1. The van der Waals surface area contributed by atoms with Gasteiger partial charge in [0.2, 0.25) is 11.8 Å². The van der Waals surface area contributed by atoms with Crippen LogP contribution in [0.5, 0.6) is 0 Å². The van der Waals surface area contributed by atoms with Gasteiger partial charge in [-0.3, -0.25) is 9.59 Å². The summed E-state index contributed by atoms with van der Waals surface area (Å²) in [6, 6.07) is 19.5. The van der Waals surface area contributed by atoms with Crippen molar-refractivity contribution in [2.75, 3.05) is 11.9 Å². The molecule has 3 rings (SSSR count). The van der Waals surface area contributed by atoms with E-state index in [0.29, 0.717) is 6.54 Å². The van der Waals surface area contributed by atoms with Crippen molar-refractivity contribution in [3.63, 3.8) is 0 Å². The molecular weight excluding hydrogens is 300 g/mol. The number of carbonyl (C=O) groups is 2. The van der Waals surface area contributed by atoms with Crippen LogP contribution in [0.3, 0.4) is 0 Å². The number of likely N-dealkylation sites (tertiary alicyclic amines) is 1. The zero-order valence-corrected chi connectivity index (χ0v) is 13.8. The maximum atomic E-state index is 12.5. The number of hydrogen-bond donors (Lipinski definition) is 1. The van der Waals surface area contributed by atoms with E-state index in [-0.39, 0.29) is 23.8 Å². The molecule has 2 unspecified atom stereocenters. The molecule has 1 N–H and O–H groups in total. The van der Waals surface area contributed by atoms with Crippen LogP contribution >= 0.6 is 0 Å². The molecule has 0 radical (unpaired) electrons. The molecule has 24 heavy (non-hydrogen) atoms. The zero-order valence-electron chi connectivity index (χ0n) is 13.8. The third kappa shape index (κ3) is 3.65. The summed E-state index contributed by atoms with van der Waals surface area (Å²) in [6.45, 7) is 2.04. The van der Waals surface area contributed by atoms with Crippen LogP contribution in [0.1, 0.15) is 31.4 Å². The second kappa shape index (κ2) is 7.30. The van der Waals surface area contributed by atoms with Crippen LogP contribution in [0, 0.1) is 5.92 Å². The van der Waals surface area contributed by atoms with Crippen LogP contribution < -0.4 is 5.32 Å². The first-order chi connectivity index (χ1) is 11.6. The molecule has 2 aromatic rings. The van der Waals surface area contributed by atoms with E-state index in [1.165, 1.54) is 0 Å². The normalized spacial score (nSPS) is 20.5. The van der Waals surface area contributed by atoms with Gasteiger partial charge in [-0.25, -0.2) is 0 Å². The van der Waals surface area contributed by atoms with Crippen molar-refractivity contribution in [2.45, 2.75) is 25.8 Å². The quantitative estimate of drug-likeness (QED) is 0.938. The smallest absolute Gasteiger partial charge is 0.229 e. The maximum Gasteiger partial charge on any atom is 0.229 e. The highest BCUT2D eigenvalue weighted by atomic mass is 16.2. The van der Waals surface area contributed by atoms with Crippen molar-refractivity contribution in [3.05, 3.63) is 66.2 Å². The summed E-state index contributed by atoms with van der Waals surface area (Å²) in [5.41, 5.74) is 1.93. The minimum absolute atomic E-state index is 0.0149. The Morgan fingerprint density at radius 3 is 2.21 bits per heavy atom. The van der Waals surface area contributed by atoms with Gasteiger partial charge >= 0.3 is 0 Å². The summed E-state index contributed by atoms with van der Waals surface area (Å²) in [4.78, 5) is 26.5. The fourth-order valence-electron chi connectivity index (χ4n) is 3.32. The molecule has 4 heteroatoms. The molecule has 1 heterocycles. The van der Waals surface area contributed by atoms with Crippen molar-refractivity contribution >= 4 is 17.5 Å². The summed E-state index contributed by atoms with van der Waals surface area (Å²) in [5.74, 6) is -0.172. The highest BCUT2D eigenvalue weighted by Gasteiger charge is 2.34. The molecule has 2 amide bonds. The summed E-state index contributed by atoms with van der Waals surface area (Å²) in [6.07, 6.45) is 1.58. The molecule has 2 atom stereocenters. The Morgan fingerprint density at radius 2 is 1.58 bits per heavy atom. The largest absolute Gasteiger partial charge is 0.335 e. The van der Waals surface area contributed by atoms with Gasteiger partial charge in [0.1, 0.15) is 0 Å². The second-order valence-corrected chi connectivity index (χ2v) is 6.23. The molecule has 0 saturated carbocycles. The molecule has 0 bridgehead atoms. The lowest BCUT2D eigenvalue weighted by Gasteiger charge is -2.39. The number of rotatable bonds is 3. The van der Waals surface area contributed by atoms with Gasteiger partial charge in [-0.2, -0.15) is 0 Å². The zero-order chi connectivity index (χ0) is 16.9. The Morgan fingerprint density at radius 1 is 0.958 bits per heavy atom. The SMILES string of the molecule is CC(=O)N1CC(C(=O)Nc2ccccc2)CCC1c1ccccc1. The van der Waals surface area contributed by atoms with E-state index in [9.17, 15) is 9.59 Å². The van der Waals surface area contributed by atoms with Crippen LogP contribution in [0.15, 0.2) is 60.7 Å². The minimum atomic E-state index is -0.172. The van der Waals surface area contributed by atoms with Crippen LogP contribution in [0.2, 0.25) is 0 Å². The van der Waals surface area contributed by atoms with Gasteiger partial charge in [0, 0.05) is 19.2 Å². The van der Waals surface area contributed by atoms with Crippen LogP contribution in [-0.2, 0) is 9.59 Å². The van der Waals surface area contributed by atoms with E-state index in [1.807, 2.05) is 65.6 Å². The third-order valence-electron chi connectivity index (χ3n) is 4.58. The number of anilines is 1. The van der Waals surface area contributed by atoms with E-state index in [0.717, 1.165) is 24.1 Å². The number of para-hydroxylation sites is 1. The number of hydrogen-bond acceptors (Lipinski definition) is 2. The highest BCUT2D eigenvalue weighted by molar-refractivity contribution is 5.93. The monoisotopic (exact) mass is 322 g/mol. The van der Waals surface area contributed by atoms with Crippen molar-refractivity contribution in [1.82, 2.24) is 4.90 Å². The summed E-state index contributed by atoms with van der Waals surface area (Å²) < 4.78 is 0. The predicted molar refractivity (Wildman–Crippen MR) is 94.4 cm³/mol. The number of nitrogens with zero attached hydrogens (tertiary/aromatic N) is 1. The number of amides is 2. The Kier molecular flexibility index (Phi) is 4.94. The van der Waals surface area contributed by atoms with Gasteiger partial charge in [-0.15, -0.1) is 0 Å². The van der Waals surface area contributed by atoms with Crippen LogP contribution in [0.25, 0.3) is 0 Å². The van der Waals surface area contributed by atoms with E-state index in [4.69, 9.17) is 0 Å². The fraction of sp³-hybridized carbons (Fsp3) is 0.300. The van der Waals surface area contributed by atoms with Crippen LogP contribution in [-0.4, -0.2) is 23.3 Å². The third-order valence-corrected chi connectivity index (χ3v) is 4.58. The lowest BCUT2D eigenvalue weighted by molar-refractivity contribution is -0.135. The van der Waals surface area contributed by atoms with Gasteiger partial charge in [-0.1, -0.05) is 48.5 Å². The van der Waals surface area contributed by atoms with Gasteiger partial charge in [0.25, 0.3) is 0 Å². The first-order valence-electron chi connectivity index (χ1n) is 8.33. The fourth-order valence-corrected chi connectivity index (χ4v) is 3.32. The molecule has 1 aliphatic heterocycles. The molecule has 0 spiro atoms. The van der Waals surface area contributed by atoms with Gasteiger partial charge in [0.15, 0.2) is 0 Å². The Balaban J connectivity index is 1.71. The number of benzene rings is 2. The van der Waals surface area contributed by atoms with Crippen molar-refractivity contribution in [1.29, 1.82) is 0 Å². The first kappa shape index (κ1) is 16.2. The first-order valence-corrected chi connectivity index (χ1v) is 8.33. The topological polar surface area (TPSA) is 49.4 Å². The Labute approximate surface area is 142 Å². The maximum absolute atomic E-state index is 12.5. The molecule has 2 aromatic carbocycles. The molecule has 0 aliphatic carbocycles. The van der Waals surface area contributed by atoms with Gasteiger partial charge in [-0.05, 0) is 30.5 Å². The lowest BCUT2D eigenvalue weighted by Crippen LogP contribution is -2.44. The molecule has 0 aromatic heterocycles. The summed E-state index contributed by atoms with van der Waals surface area (Å²) in [5, 5.41) is 2.95. The molecular formula is C20H22N2O2. The van der Waals surface area contributed by atoms with Crippen molar-refractivity contribution in [2.24, 2.45) is 5.92 Å². The predicted octanol–water partition coefficient (Wildman–Crippen LogP) is 3.62. The average molecular weight is 322 g/mol. The molecule has 1 saturated heterocycles. The Bertz CT molecular complexity index is 700. The van der Waals surface area contributed by atoms with Crippen LogP contribution in [0.4, 0.5) is 5.69 Å². The molecule has 1 fully saturated rings. The van der Waals surface area contributed by atoms with E-state index < -0.39 is 0 Å². The molecule has 124 valence electrons. The standard InChI is InChI=1S/C20H22N2O2/c1-15(23)22-14-17(20(24)21-18-10-6-3-7-11-18)12-13-19(22)16-8-4-2-5-9-16/h2-11,17,19H,12-14H2,1H3,(H,21,24). The molecule has 4 nitrogen and oxygen atoms in total. The van der Waals surface area contributed by atoms with E-state index >= 15 is 0 Å². The van der Waals surface area contributed by atoms with Crippen molar-refractivity contribution < 1.29 is 9.59 Å².